The van der Waals surface area contributed by atoms with Gasteiger partial charge in [-0.1, -0.05) is 6.92 Å². The third kappa shape index (κ3) is 3.61. The molecule has 0 spiro atoms. The summed E-state index contributed by atoms with van der Waals surface area (Å²) in [6, 6.07) is 2.10. The number of aliphatic carboxylic acids is 1. The van der Waals surface area contributed by atoms with Gasteiger partial charge in [0.05, 0.1) is 5.92 Å². The Morgan fingerprint density at radius 3 is 2.75 bits per heavy atom. The molecule has 1 aromatic rings. The summed E-state index contributed by atoms with van der Waals surface area (Å²) in [6.07, 6.45) is 0.684. The quantitative estimate of drug-likeness (QED) is 0.832. The highest BCUT2D eigenvalue weighted by Gasteiger charge is 2.17. The first-order valence-electron chi connectivity index (χ1n) is 5.49. The first-order valence-corrected chi connectivity index (χ1v) is 6.36. The zero-order valence-electron chi connectivity index (χ0n) is 10.1. The average molecular weight is 241 g/mol. The molecule has 16 heavy (non-hydrogen) atoms. The molecule has 1 rings (SSSR count). The molecule has 0 saturated heterocycles. The molecule has 0 bridgehead atoms. The number of rotatable bonds is 6. The van der Waals surface area contributed by atoms with Gasteiger partial charge < -0.3 is 10.0 Å². The van der Waals surface area contributed by atoms with Crippen LogP contribution in [0.25, 0.3) is 0 Å². The summed E-state index contributed by atoms with van der Waals surface area (Å²) in [5.74, 6) is -0.956. The zero-order chi connectivity index (χ0) is 12.1. The zero-order valence-corrected chi connectivity index (χ0v) is 10.9. The SMILES string of the molecule is CCC(CN(C)Cc1sccc1C)C(=O)O. The van der Waals surface area contributed by atoms with E-state index in [4.69, 9.17) is 5.11 Å². The fourth-order valence-electron chi connectivity index (χ4n) is 1.63. The molecule has 0 aliphatic rings. The molecule has 0 amide bonds. The van der Waals surface area contributed by atoms with Crippen LogP contribution >= 0.6 is 11.3 Å². The number of thiophene rings is 1. The summed E-state index contributed by atoms with van der Waals surface area (Å²) in [5.41, 5.74) is 1.29. The van der Waals surface area contributed by atoms with Crippen LogP contribution in [0.15, 0.2) is 11.4 Å². The van der Waals surface area contributed by atoms with E-state index in [1.165, 1.54) is 10.4 Å². The summed E-state index contributed by atoms with van der Waals surface area (Å²) in [4.78, 5) is 14.3. The van der Waals surface area contributed by atoms with E-state index in [2.05, 4.69) is 23.3 Å². The van der Waals surface area contributed by atoms with E-state index in [9.17, 15) is 4.79 Å². The standard InChI is InChI=1S/C12H19NO2S/c1-4-10(12(14)15)7-13(3)8-11-9(2)5-6-16-11/h5-6,10H,4,7-8H2,1-3H3,(H,14,15). The van der Waals surface area contributed by atoms with Crippen LogP contribution < -0.4 is 0 Å². The largest absolute Gasteiger partial charge is 0.481 e. The van der Waals surface area contributed by atoms with Crippen LogP contribution in [0.2, 0.25) is 0 Å². The van der Waals surface area contributed by atoms with Crippen molar-refractivity contribution in [1.29, 1.82) is 0 Å². The first kappa shape index (κ1) is 13.2. The van der Waals surface area contributed by atoms with Gasteiger partial charge in [-0.05, 0) is 37.4 Å². The molecular formula is C12H19NO2S. The van der Waals surface area contributed by atoms with Crippen LogP contribution in [-0.2, 0) is 11.3 Å². The van der Waals surface area contributed by atoms with E-state index in [1.54, 1.807) is 11.3 Å². The minimum absolute atomic E-state index is 0.259. The van der Waals surface area contributed by atoms with Crippen molar-refractivity contribution in [2.45, 2.75) is 26.8 Å². The fraction of sp³-hybridized carbons (Fsp3) is 0.583. The van der Waals surface area contributed by atoms with E-state index in [0.717, 1.165) is 6.54 Å². The molecule has 4 heteroatoms. The van der Waals surface area contributed by atoms with Crippen LogP contribution in [0.1, 0.15) is 23.8 Å². The minimum atomic E-state index is -0.697. The summed E-state index contributed by atoms with van der Waals surface area (Å²) in [5, 5.41) is 11.1. The maximum Gasteiger partial charge on any atom is 0.307 e. The molecule has 0 saturated carbocycles. The molecule has 0 aliphatic heterocycles. The second kappa shape index (κ2) is 6.01. The molecule has 0 fully saturated rings. The van der Waals surface area contributed by atoms with Gasteiger partial charge in [-0.2, -0.15) is 0 Å². The third-order valence-electron chi connectivity index (χ3n) is 2.76. The molecule has 1 heterocycles. The summed E-state index contributed by atoms with van der Waals surface area (Å²) in [7, 11) is 1.98. The third-order valence-corrected chi connectivity index (χ3v) is 3.76. The molecule has 0 radical (unpaired) electrons. The van der Waals surface area contributed by atoms with Crippen molar-refractivity contribution >= 4 is 17.3 Å². The highest BCUT2D eigenvalue weighted by Crippen LogP contribution is 2.18. The molecular weight excluding hydrogens is 222 g/mol. The Balaban J connectivity index is 2.50. The van der Waals surface area contributed by atoms with Gasteiger partial charge in [0, 0.05) is 18.0 Å². The number of hydrogen-bond donors (Lipinski definition) is 1. The Bertz CT molecular complexity index is 349. The highest BCUT2D eigenvalue weighted by atomic mass is 32.1. The Morgan fingerprint density at radius 2 is 2.31 bits per heavy atom. The smallest absolute Gasteiger partial charge is 0.307 e. The van der Waals surface area contributed by atoms with Gasteiger partial charge in [-0.3, -0.25) is 4.79 Å². The van der Waals surface area contributed by atoms with Crippen LogP contribution in [0, 0.1) is 12.8 Å². The molecule has 90 valence electrons. The molecule has 0 aromatic carbocycles. The lowest BCUT2D eigenvalue weighted by Gasteiger charge is -2.20. The van der Waals surface area contributed by atoms with Gasteiger partial charge in [-0.15, -0.1) is 11.3 Å². The lowest BCUT2D eigenvalue weighted by molar-refractivity contribution is -0.142. The number of carboxylic acids is 1. The maximum atomic E-state index is 10.9. The van der Waals surface area contributed by atoms with Crippen LogP contribution in [0.3, 0.4) is 0 Å². The maximum absolute atomic E-state index is 10.9. The van der Waals surface area contributed by atoms with Crippen molar-refractivity contribution in [1.82, 2.24) is 4.90 Å². The van der Waals surface area contributed by atoms with Gasteiger partial charge in [0.15, 0.2) is 0 Å². The van der Waals surface area contributed by atoms with E-state index < -0.39 is 5.97 Å². The van der Waals surface area contributed by atoms with E-state index >= 15 is 0 Å². The Kier molecular flexibility index (Phi) is 4.96. The molecule has 1 unspecified atom stereocenters. The van der Waals surface area contributed by atoms with Crippen molar-refractivity contribution in [2.75, 3.05) is 13.6 Å². The van der Waals surface area contributed by atoms with Crippen LogP contribution in [0.4, 0.5) is 0 Å². The summed E-state index contributed by atoms with van der Waals surface area (Å²) < 4.78 is 0. The second-order valence-corrected chi connectivity index (χ2v) is 5.17. The predicted molar refractivity (Wildman–Crippen MR) is 66.8 cm³/mol. The Hall–Kier alpha value is -0.870. The second-order valence-electron chi connectivity index (χ2n) is 4.17. The number of aryl methyl sites for hydroxylation is 1. The van der Waals surface area contributed by atoms with Crippen LogP contribution in [-0.4, -0.2) is 29.6 Å². The summed E-state index contributed by atoms with van der Waals surface area (Å²) in [6.45, 7) is 5.47. The minimum Gasteiger partial charge on any atom is -0.481 e. The molecule has 1 N–H and O–H groups in total. The predicted octanol–water partition coefficient (Wildman–Crippen LogP) is 2.60. The summed E-state index contributed by atoms with van der Waals surface area (Å²) >= 11 is 1.73. The highest BCUT2D eigenvalue weighted by molar-refractivity contribution is 7.10. The lowest BCUT2D eigenvalue weighted by Crippen LogP contribution is -2.29. The number of carbonyl (C=O) groups is 1. The van der Waals surface area contributed by atoms with Gasteiger partial charge in [0.2, 0.25) is 0 Å². The normalized spacial score (nSPS) is 13.0. The Morgan fingerprint density at radius 1 is 1.62 bits per heavy atom. The van der Waals surface area contributed by atoms with Crippen molar-refractivity contribution in [3.05, 3.63) is 21.9 Å². The van der Waals surface area contributed by atoms with Crippen molar-refractivity contribution in [3.8, 4) is 0 Å². The number of hydrogen-bond acceptors (Lipinski definition) is 3. The van der Waals surface area contributed by atoms with Gasteiger partial charge in [0.25, 0.3) is 0 Å². The fourth-order valence-corrected chi connectivity index (χ4v) is 2.62. The molecule has 1 atom stereocenters. The lowest BCUT2D eigenvalue weighted by atomic mass is 10.1. The topological polar surface area (TPSA) is 40.5 Å². The Labute approximate surface area is 101 Å². The molecule has 3 nitrogen and oxygen atoms in total. The number of carboxylic acid groups (broad SMARTS) is 1. The van der Waals surface area contributed by atoms with Gasteiger partial charge in [-0.25, -0.2) is 0 Å². The van der Waals surface area contributed by atoms with Crippen molar-refractivity contribution in [2.24, 2.45) is 5.92 Å². The monoisotopic (exact) mass is 241 g/mol. The van der Waals surface area contributed by atoms with Gasteiger partial charge in [0.1, 0.15) is 0 Å². The van der Waals surface area contributed by atoms with E-state index in [-0.39, 0.29) is 5.92 Å². The van der Waals surface area contributed by atoms with Crippen molar-refractivity contribution in [3.63, 3.8) is 0 Å². The number of nitrogens with zero attached hydrogens (tertiary/aromatic N) is 1. The van der Waals surface area contributed by atoms with Crippen molar-refractivity contribution < 1.29 is 9.90 Å². The van der Waals surface area contributed by atoms with Crippen LogP contribution in [0.5, 0.6) is 0 Å². The molecule has 0 aliphatic carbocycles. The molecule has 1 aromatic heterocycles. The van der Waals surface area contributed by atoms with Gasteiger partial charge >= 0.3 is 5.97 Å². The van der Waals surface area contributed by atoms with E-state index in [1.807, 2.05) is 14.0 Å². The first-order chi connectivity index (χ1) is 7.54. The average Bonchev–Trinajstić information content (AvgIpc) is 2.60. The van der Waals surface area contributed by atoms with E-state index in [0.29, 0.717) is 13.0 Å².